The summed E-state index contributed by atoms with van der Waals surface area (Å²) < 4.78 is 5.96. The van der Waals surface area contributed by atoms with Gasteiger partial charge in [-0.3, -0.25) is 19.8 Å². The number of carbonyl (C=O) groups excluding carboxylic acids is 1. The average molecular weight is 499 g/mol. The van der Waals surface area contributed by atoms with Crippen LogP contribution in [0.3, 0.4) is 0 Å². The molecule has 9 heteroatoms. The normalized spacial score (nSPS) is 21.1. The summed E-state index contributed by atoms with van der Waals surface area (Å²) in [7, 11) is 0. The zero-order valence-corrected chi connectivity index (χ0v) is 20.9. The Morgan fingerprint density at radius 2 is 2.00 bits per heavy atom. The van der Waals surface area contributed by atoms with E-state index in [1.165, 1.54) is 0 Å². The third-order valence-corrected chi connectivity index (χ3v) is 7.14. The lowest BCUT2D eigenvalue weighted by Crippen LogP contribution is -2.40. The van der Waals surface area contributed by atoms with Crippen LogP contribution in [0, 0.1) is 17.8 Å². The summed E-state index contributed by atoms with van der Waals surface area (Å²) in [5, 5.41) is 20.6. The van der Waals surface area contributed by atoms with E-state index in [0.29, 0.717) is 23.5 Å². The number of aromatic nitrogens is 4. The summed E-state index contributed by atoms with van der Waals surface area (Å²) in [4.78, 5) is 24.0. The van der Waals surface area contributed by atoms with Crippen LogP contribution in [0.15, 0.2) is 60.9 Å². The molecule has 2 aliphatic rings. The van der Waals surface area contributed by atoms with Gasteiger partial charge in [0, 0.05) is 61.5 Å². The zero-order valence-electron chi connectivity index (χ0n) is 20.9. The summed E-state index contributed by atoms with van der Waals surface area (Å²) in [5.41, 5.74) is 2.90. The van der Waals surface area contributed by atoms with Gasteiger partial charge in [0.2, 0.25) is 11.8 Å². The number of aromatic amines is 1. The lowest BCUT2D eigenvalue weighted by molar-refractivity contribution is -0.124. The van der Waals surface area contributed by atoms with Crippen LogP contribution in [-0.4, -0.2) is 61.3 Å². The number of carbonyl (C=O) groups is 1. The molecule has 0 bridgehead atoms. The first-order chi connectivity index (χ1) is 17.8. The van der Waals surface area contributed by atoms with Gasteiger partial charge < -0.3 is 15.2 Å². The minimum absolute atomic E-state index is 0.0718. The molecule has 3 aromatic heterocycles. The highest BCUT2D eigenvalue weighted by atomic mass is 16.5. The fraction of sp³-hybridized carbons (Fsp3) is 0.357. The number of piperidine rings is 1. The van der Waals surface area contributed by atoms with E-state index in [0.717, 1.165) is 47.5 Å². The van der Waals surface area contributed by atoms with Gasteiger partial charge in [-0.1, -0.05) is 6.07 Å². The van der Waals surface area contributed by atoms with Crippen molar-refractivity contribution in [1.82, 2.24) is 30.4 Å². The quantitative estimate of drug-likeness (QED) is 0.341. The number of pyridine rings is 2. The molecule has 0 spiro atoms. The Bertz CT molecular complexity index is 1400. The molecule has 4 aromatic rings. The van der Waals surface area contributed by atoms with Gasteiger partial charge in [0.15, 0.2) is 0 Å². The van der Waals surface area contributed by atoms with Crippen molar-refractivity contribution in [2.24, 2.45) is 17.8 Å². The monoisotopic (exact) mass is 498 g/mol. The van der Waals surface area contributed by atoms with Crippen LogP contribution >= 0.6 is 0 Å². The van der Waals surface area contributed by atoms with Crippen LogP contribution in [0.1, 0.15) is 19.5 Å². The molecule has 9 nitrogen and oxygen atoms in total. The second-order valence-corrected chi connectivity index (χ2v) is 10.7. The Morgan fingerprint density at radius 3 is 2.70 bits per heavy atom. The number of ether oxygens (including phenoxy) is 1. The van der Waals surface area contributed by atoms with Gasteiger partial charge in [-0.05, 0) is 62.1 Å². The molecular weight excluding hydrogens is 468 g/mol. The van der Waals surface area contributed by atoms with Crippen LogP contribution in [0.5, 0.6) is 11.6 Å². The summed E-state index contributed by atoms with van der Waals surface area (Å²) >= 11 is 0. The van der Waals surface area contributed by atoms with Crippen molar-refractivity contribution in [3.8, 4) is 22.9 Å². The Labute approximate surface area is 214 Å². The molecule has 3 N–H and O–H groups in total. The molecule has 6 rings (SSSR count). The molecule has 0 unspecified atom stereocenters. The standard InChI is InChI=1S/C28H30N6O3/c1-28(2,36)16-30-27(35)26-21-14-34(15-22(21)26)13-19-5-3-17-11-20(6-7-23(17)32-19)37-25-8-4-18(12-29-25)24-9-10-31-33-24/h3-12,21-22,26,36H,13-16H2,1-2H3,(H,30,35)(H,31,33)/t21-,22+,26+. The number of benzene rings is 1. The molecule has 1 saturated heterocycles. The second-order valence-electron chi connectivity index (χ2n) is 10.7. The maximum absolute atomic E-state index is 12.4. The number of hydrogen-bond acceptors (Lipinski definition) is 7. The molecule has 3 atom stereocenters. The van der Waals surface area contributed by atoms with Crippen molar-refractivity contribution in [2.75, 3.05) is 19.6 Å². The zero-order chi connectivity index (χ0) is 25.6. The summed E-state index contributed by atoms with van der Waals surface area (Å²) in [5.74, 6) is 2.19. The van der Waals surface area contributed by atoms with Gasteiger partial charge in [0.25, 0.3) is 0 Å². The van der Waals surface area contributed by atoms with Crippen molar-refractivity contribution in [3.63, 3.8) is 0 Å². The van der Waals surface area contributed by atoms with Crippen molar-refractivity contribution >= 4 is 16.8 Å². The maximum Gasteiger partial charge on any atom is 0.223 e. The Hall–Kier alpha value is -3.82. The average Bonchev–Trinajstić information content (AvgIpc) is 3.22. The molecule has 190 valence electrons. The van der Waals surface area contributed by atoms with Gasteiger partial charge in [-0.15, -0.1) is 0 Å². The third kappa shape index (κ3) is 5.19. The van der Waals surface area contributed by atoms with Crippen LogP contribution in [0.4, 0.5) is 0 Å². The van der Waals surface area contributed by atoms with Gasteiger partial charge in [0.05, 0.1) is 22.5 Å². The number of likely N-dealkylation sites (tertiary alicyclic amines) is 1. The number of aliphatic hydroxyl groups is 1. The smallest absolute Gasteiger partial charge is 0.223 e. The number of nitrogens with zero attached hydrogens (tertiary/aromatic N) is 4. The fourth-order valence-corrected chi connectivity index (χ4v) is 5.22. The van der Waals surface area contributed by atoms with Crippen molar-refractivity contribution < 1.29 is 14.6 Å². The Morgan fingerprint density at radius 1 is 1.16 bits per heavy atom. The molecule has 0 radical (unpaired) electrons. The minimum atomic E-state index is -0.885. The maximum atomic E-state index is 12.4. The van der Waals surface area contributed by atoms with E-state index in [1.54, 1.807) is 26.2 Å². The van der Waals surface area contributed by atoms with Gasteiger partial charge >= 0.3 is 0 Å². The fourth-order valence-electron chi connectivity index (χ4n) is 5.22. The van der Waals surface area contributed by atoms with Crippen LogP contribution in [0.2, 0.25) is 0 Å². The highest BCUT2D eigenvalue weighted by Gasteiger charge is 2.59. The SMILES string of the molecule is CC(C)(O)CNC(=O)[C@H]1[C@@H]2CN(Cc3ccc4cc(Oc5ccc(-c6ccn[nH]6)cn5)ccc4n3)C[C@@H]21. The second kappa shape index (κ2) is 9.24. The molecule has 2 fully saturated rings. The number of nitrogens with one attached hydrogen (secondary N) is 2. The van der Waals surface area contributed by atoms with Crippen molar-refractivity contribution in [3.05, 3.63) is 66.6 Å². The van der Waals surface area contributed by atoms with E-state index in [4.69, 9.17) is 9.72 Å². The van der Waals surface area contributed by atoms with Gasteiger partial charge in [-0.25, -0.2) is 4.98 Å². The number of amides is 1. The van der Waals surface area contributed by atoms with Gasteiger partial charge in [0.1, 0.15) is 5.75 Å². The highest BCUT2D eigenvalue weighted by molar-refractivity contribution is 5.82. The number of fused-ring (bicyclic) bond motifs is 2. The molecule has 4 heterocycles. The lowest BCUT2D eigenvalue weighted by Gasteiger charge is -2.21. The van der Waals surface area contributed by atoms with E-state index < -0.39 is 5.60 Å². The van der Waals surface area contributed by atoms with E-state index >= 15 is 0 Å². The predicted molar refractivity (Wildman–Crippen MR) is 139 cm³/mol. The molecule has 1 aromatic carbocycles. The van der Waals surface area contributed by atoms with E-state index in [2.05, 4.69) is 37.5 Å². The van der Waals surface area contributed by atoms with E-state index in [-0.39, 0.29) is 18.4 Å². The summed E-state index contributed by atoms with van der Waals surface area (Å²) in [6, 6.07) is 15.7. The predicted octanol–water partition coefficient (Wildman–Crippen LogP) is 3.38. The van der Waals surface area contributed by atoms with Gasteiger partial charge in [-0.2, -0.15) is 5.10 Å². The Kier molecular flexibility index (Phi) is 5.89. The minimum Gasteiger partial charge on any atom is -0.439 e. The van der Waals surface area contributed by atoms with Crippen LogP contribution < -0.4 is 10.1 Å². The molecule has 1 aliphatic heterocycles. The summed E-state index contributed by atoms with van der Waals surface area (Å²) in [6.07, 6.45) is 3.46. The highest BCUT2D eigenvalue weighted by Crippen LogP contribution is 2.52. The first-order valence-corrected chi connectivity index (χ1v) is 12.6. The number of H-pyrrole nitrogens is 1. The molecule has 37 heavy (non-hydrogen) atoms. The van der Waals surface area contributed by atoms with Crippen LogP contribution in [0.25, 0.3) is 22.2 Å². The first kappa shape index (κ1) is 23.6. The number of rotatable bonds is 8. The largest absolute Gasteiger partial charge is 0.439 e. The van der Waals surface area contributed by atoms with Crippen LogP contribution in [-0.2, 0) is 11.3 Å². The van der Waals surface area contributed by atoms with E-state index in [9.17, 15) is 9.90 Å². The van der Waals surface area contributed by atoms with E-state index in [1.807, 2.05) is 36.4 Å². The molecule has 1 amide bonds. The Balaban J connectivity index is 1.04. The summed E-state index contributed by atoms with van der Waals surface area (Å²) in [6.45, 7) is 6.27. The first-order valence-electron chi connectivity index (χ1n) is 12.6. The third-order valence-electron chi connectivity index (χ3n) is 7.14. The molecule has 1 aliphatic carbocycles. The molecular formula is C28H30N6O3. The topological polar surface area (TPSA) is 116 Å². The van der Waals surface area contributed by atoms with Crippen molar-refractivity contribution in [2.45, 2.75) is 26.0 Å². The van der Waals surface area contributed by atoms with Crippen molar-refractivity contribution in [1.29, 1.82) is 0 Å². The lowest BCUT2D eigenvalue weighted by atomic mass is 10.1. The molecule has 1 saturated carbocycles. The number of hydrogen-bond donors (Lipinski definition) is 3.